The first-order valence-electron chi connectivity index (χ1n) is 5.06. The van der Waals surface area contributed by atoms with Gasteiger partial charge in [0.05, 0.1) is 10.5 Å². The van der Waals surface area contributed by atoms with Crippen molar-refractivity contribution < 1.29 is 14.8 Å². The second kappa shape index (κ2) is 5.06. The van der Waals surface area contributed by atoms with Crippen molar-refractivity contribution in [1.29, 1.82) is 0 Å². The summed E-state index contributed by atoms with van der Waals surface area (Å²) < 4.78 is 0. The fourth-order valence-corrected chi connectivity index (χ4v) is 2.37. The van der Waals surface area contributed by atoms with Crippen molar-refractivity contribution in [2.45, 2.75) is 17.0 Å². The number of aryl methyl sites for hydroxylation is 1. The highest BCUT2D eigenvalue weighted by atomic mass is 32.2. The highest BCUT2D eigenvalue weighted by Gasteiger charge is 2.23. The van der Waals surface area contributed by atoms with Gasteiger partial charge < -0.3 is 5.11 Å². The molecule has 98 valence electrons. The SMILES string of the molecule is Cc1nc(Sc2c(C(=O)O)cccc2[N+](=O)[O-])n[nH]1. The minimum atomic E-state index is -1.24. The number of nitrogens with one attached hydrogen (secondary N) is 1. The van der Waals surface area contributed by atoms with Crippen LogP contribution in [0.5, 0.6) is 0 Å². The van der Waals surface area contributed by atoms with E-state index < -0.39 is 10.9 Å². The molecule has 0 saturated heterocycles. The average molecular weight is 280 g/mol. The summed E-state index contributed by atoms with van der Waals surface area (Å²) in [5.74, 6) is -0.698. The number of hydrogen-bond donors (Lipinski definition) is 2. The number of carboxylic acids is 1. The van der Waals surface area contributed by atoms with Crippen LogP contribution < -0.4 is 0 Å². The van der Waals surface area contributed by atoms with Gasteiger partial charge in [-0.05, 0) is 24.8 Å². The zero-order chi connectivity index (χ0) is 14.0. The van der Waals surface area contributed by atoms with Crippen LogP contribution in [0, 0.1) is 17.0 Å². The van der Waals surface area contributed by atoms with Crippen molar-refractivity contribution in [2.75, 3.05) is 0 Å². The van der Waals surface area contributed by atoms with E-state index in [2.05, 4.69) is 15.2 Å². The molecule has 0 fully saturated rings. The van der Waals surface area contributed by atoms with Crippen LogP contribution >= 0.6 is 11.8 Å². The van der Waals surface area contributed by atoms with Gasteiger partial charge in [0.25, 0.3) is 5.69 Å². The molecular weight excluding hydrogens is 272 g/mol. The van der Waals surface area contributed by atoms with Crippen LogP contribution in [0.4, 0.5) is 5.69 Å². The zero-order valence-corrected chi connectivity index (χ0v) is 10.5. The van der Waals surface area contributed by atoms with Crippen molar-refractivity contribution in [3.63, 3.8) is 0 Å². The molecule has 0 aliphatic heterocycles. The molecule has 0 atom stereocenters. The molecule has 2 N–H and O–H groups in total. The zero-order valence-electron chi connectivity index (χ0n) is 9.65. The number of aromatic carboxylic acids is 1. The molecule has 0 bridgehead atoms. The van der Waals surface area contributed by atoms with Gasteiger partial charge in [0.1, 0.15) is 10.7 Å². The fourth-order valence-electron chi connectivity index (χ4n) is 1.40. The Balaban J connectivity index is 2.52. The topological polar surface area (TPSA) is 122 Å². The quantitative estimate of drug-likeness (QED) is 0.647. The van der Waals surface area contributed by atoms with Gasteiger partial charge in [-0.3, -0.25) is 15.2 Å². The Morgan fingerprint density at radius 1 is 1.53 bits per heavy atom. The molecule has 8 nitrogen and oxygen atoms in total. The van der Waals surface area contributed by atoms with E-state index in [1.54, 1.807) is 6.92 Å². The summed E-state index contributed by atoms with van der Waals surface area (Å²) >= 11 is 0.842. The van der Waals surface area contributed by atoms with Crippen molar-refractivity contribution in [3.8, 4) is 0 Å². The Morgan fingerprint density at radius 3 is 2.79 bits per heavy atom. The van der Waals surface area contributed by atoms with Gasteiger partial charge in [-0.1, -0.05) is 6.07 Å². The van der Waals surface area contributed by atoms with Gasteiger partial charge in [0.15, 0.2) is 0 Å². The number of nitrogens with zero attached hydrogens (tertiary/aromatic N) is 3. The number of benzene rings is 1. The lowest BCUT2D eigenvalue weighted by Crippen LogP contribution is -2.02. The van der Waals surface area contributed by atoms with E-state index in [0.29, 0.717) is 5.82 Å². The van der Waals surface area contributed by atoms with Crippen LogP contribution in [-0.2, 0) is 0 Å². The lowest BCUT2D eigenvalue weighted by molar-refractivity contribution is -0.387. The average Bonchev–Trinajstić information content (AvgIpc) is 2.74. The molecule has 0 unspecified atom stereocenters. The van der Waals surface area contributed by atoms with Crippen molar-refractivity contribution in [2.24, 2.45) is 0 Å². The molecule has 2 aromatic rings. The summed E-state index contributed by atoms with van der Waals surface area (Å²) in [5.41, 5.74) is -0.436. The third-order valence-corrected chi connectivity index (χ3v) is 3.19. The molecule has 0 radical (unpaired) electrons. The summed E-state index contributed by atoms with van der Waals surface area (Å²) in [6.07, 6.45) is 0. The molecule has 0 aliphatic carbocycles. The second-order valence-electron chi connectivity index (χ2n) is 3.52. The highest BCUT2D eigenvalue weighted by Crippen LogP contribution is 2.35. The number of carbonyl (C=O) groups is 1. The predicted octanol–water partition coefficient (Wildman–Crippen LogP) is 1.87. The minimum Gasteiger partial charge on any atom is -0.478 e. The maximum absolute atomic E-state index is 11.1. The molecule has 1 aromatic carbocycles. The molecule has 0 aliphatic rings. The highest BCUT2D eigenvalue weighted by molar-refractivity contribution is 7.99. The van der Waals surface area contributed by atoms with Crippen LogP contribution in [0.2, 0.25) is 0 Å². The Labute approximate surface area is 111 Å². The maximum atomic E-state index is 11.1. The normalized spacial score (nSPS) is 10.4. The molecule has 0 spiro atoms. The lowest BCUT2D eigenvalue weighted by atomic mass is 10.2. The van der Waals surface area contributed by atoms with Crippen molar-refractivity contribution >= 4 is 23.4 Å². The first-order valence-corrected chi connectivity index (χ1v) is 5.88. The van der Waals surface area contributed by atoms with E-state index in [4.69, 9.17) is 5.11 Å². The molecular formula is C10H8N4O4S. The van der Waals surface area contributed by atoms with E-state index in [1.165, 1.54) is 18.2 Å². The van der Waals surface area contributed by atoms with Crippen molar-refractivity contribution in [1.82, 2.24) is 15.2 Å². The number of aromatic nitrogens is 3. The largest absolute Gasteiger partial charge is 0.478 e. The molecule has 2 rings (SSSR count). The Morgan fingerprint density at radius 2 is 2.26 bits per heavy atom. The molecule has 9 heteroatoms. The third-order valence-electron chi connectivity index (χ3n) is 2.19. The number of carboxylic acid groups (broad SMARTS) is 1. The van der Waals surface area contributed by atoms with Gasteiger partial charge in [-0.2, -0.15) is 0 Å². The number of aromatic amines is 1. The summed E-state index contributed by atoms with van der Waals surface area (Å²) in [4.78, 5) is 25.4. The number of H-pyrrole nitrogens is 1. The van der Waals surface area contributed by atoms with E-state index in [1.807, 2.05) is 0 Å². The summed E-state index contributed by atoms with van der Waals surface area (Å²) in [6, 6.07) is 3.88. The first-order chi connectivity index (χ1) is 8.99. The third kappa shape index (κ3) is 2.71. The van der Waals surface area contributed by atoms with Gasteiger partial charge in [0, 0.05) is 6.07 Å². The van der Waals surface area contributed by atoms with E-state index >= 15 is 0 Å². The summed E-state index contributed by atoms with van der Waals surface area (Å²) in [5, 5.41) is 26.7. The van der Waals surface area contributed by atoms with Crippen LogP contribution in [0.1, 0.15) is 16.2 Å². The summed E-state index contributed by atoms with van der Waals surface area (Å²) in [6.45, 7) is 1.68. The smallest absolute Gasteiger partial charge is 0.337 e. The van der Waals surface area contributed by atoms with Gasteiger partial charge in [-0.25, -0.2) is 9.78 Å². The minimum absolute atomic E-state index is 0.0130. The summed E-state index contributed by atoms with van der Waals surface area (Å²) in [7, 11) is 0. The molecule has 0 amide bonds. The van der Waals surface area contributed by atoms with Gasteiger partial charge in [0.2, 0.25) is 5.16 Å². The van der Waals surface area contributed by atoms with Crippen molar-refractivity contribution in [3.05, 3.63) is 39.7 Å². The van der Waals surface area contributed by atoms with E-state index in [-0.39, 0.29) is 21.3 Å². The maximum Gasteiger partial charge on any atom is 0.337 e. The Bertz CT molecular complexity index is 622. The van der Waals surface area contributed by atoms with Crippen LogP contribution in [0.3, 0.4) is 0 Å². The predicted molar refractivity (Wildman–Crippen MR) is 65.3 cm³/mol. The number of nitro benzene ring substituents is 1. The fraction of sp³-hybridized carbons (Fsp3) is 0.100. The molecule has 1 aromatic heterocycles. The van der Waals surface area contributed by atoms with E-state index in [9.17, 15) is 14.9 Å². The lowest BCUT2D eigenvalue weighted by Gasteiger charge is -2.03. The number of hydrogen-bond acceptors (Lipinski definition) is 6. The first kappa shape index (κ1) is 13.0. The Kier molecular flexibility index (Phi) is 3.47. The molecule has 19 heavy (non-hydrogen) atoms. The monoisotopic (exact) mass is 280 g/mol. The number of rotatable bonds is 4. The van der Waals surface area contributed by atoms with Gasteiger partial charge >= 0.3 is 5.97 Å². The van der Waals surface area contributed by atoms with E-state index in [0.717, 1.165) is 11.8 Å². The van der Waals surface area contributed by atoms with Crippen LogP contribution in [-0.4, -0.2) is 31.2 Å². The van der Waals surface area contributed by atoms with Crippen LogP contribution in [0.25, 0.3) is 0 Å². The van der Waals surface area contributed by atoms with Gasteiger partial charge in [-0.15, -0.1) is 5.10 Å². The molecule has 1 heterocycles. The second-order valence-corrected chi connectivity index (χ2v) is 4.50. The van der Waals surface area contributed by atoms with Crippen LogP contribution in [0.15, 0.2) is 28.3 Å². The number of nitro groups is 1. The standard InChI is InChI=1S/C10H8N4O4S/c1-5-11-10(13-12-5)19-8-6(9(15)16)3-2-4-7(8)14(17)18/h2-4H,1H3,(H,15,16)(H,11,12,13). The Hall–Kier alpha value is -2.42. The molecule has 0 saturated carbocycles.